The molecule has 0 amide bonds. The molecule has 2 nitrogen and oxygen atoms in total. The van der Waals surface area contributed by atoms with Gasteiger partial charge in [0.1, 0.15) is 0 Å². The lowest BCUT2D eigenvalue weighted by Crippen LogP contribution is -2.48. The van der Waals surface area contributed by atoms with Crippen LogP contribution in [0.4, 0.5) is 0 Å². The van der Waals surface area contributed by atoms with Gasteiger partial charge in [0.2, 0.25) is 0 Å². The SMILES string of the molecule is C[C@H]1CCCC2C3CCC[C@](C)(CCC(O)O)C3CCC21. The van der Waals surface area contributed by atoms with E-state index in [0.29, 0.717) is 11.8 Å². The van der Waals surface area contributed by atoms with E-state index in [4.69, 9.17) is 0 Å². The summed E-state index contributed by atoms with van der Waals surface area (Å²) in [4.78, 5) is 0. The average molecular weight is 294 g/mol. The standard InChI is InChI=1S/C19H34O2/c1-13-5-3-6-15-14(13)8-9-17-16(15)7-4-11-19(17,2)12-10-18(20)21/h13-18,20-21H,3-12H2,1-2H3/t13-,14?,15?,16?,17?,19+/m0/s1. The fraction of sp³-hybridized carbons (Fsp3) is 1.00. The monoisotopic (exact) mass is 294 g/mol. The number of rotatable bonds is 3. The van der Waals surface area contributed by atoms with Crippen molar-refractivity contribution in [1.82, 2.24) is 0 Å². The van der Waals surface area contributed by atoms with Crippen molar-refractivity contribution in [3.63, 3.8) is 0 Å². The van der Waals surface area contributed by atoms with Gasteiger partial charge in [-0.05, 0) is 80.0 Å². The Hall–Kier alpha value is -0.0800. The second-order valence-corrected chi connectivity index (χ2v) is 8.65. The van der Waals surface area contributed by atoms with Gasteiger partial charge < -0.3 is 10.2 Å². The lowest BCUT2D eigenvalue weighted by Gasteiger charge is -2.56. The topological polar surface area (TPSA) is 40.5 Å². The van der Waals surface area contributed by atoms with E-state index >= 15 is 0 Å². The number of aliphatic hydroxyl groups excluding tert-OH is 1. The Morgan fingerprint density at radius 3 is 2.48 bits per heavy atom. The first-order chi connectivity index (χ1) is 10.0. The van der Waals surface area contributed by atoms with Gasteiger partial charge in [0, 0.05) is 0 Å². The van der Waals surface area contributed by atoms with Gasteiger partial charge >= 0.3 is 0 Å². The van der Waals surface area contributed by atoms with Gasteiger partial charge in [-0.3, -0.25) is 0 Å². The largest absolute Gasteiger partial charge is 0.368 e. The summed E-state index contributed by atoms with van der Waals surface area (Å²) in [6, 6.07) is 0. The van der Waals surface area contributed by atoms with Crippen LogP contribution in [0.2, 0.25) is 0 Å². The molecular weight excluding hydrogens is 260 g/mol. The van der Waals surface area contributed by atoms with Crippen LogP contribution in [-0.2, 0) is 0 Å². The molecule has 0 bridgehead atoms. The summed E-state index contributed by atoms with van der Waals surface area (Å²) in [5.41, 5.74) is 0.359. The van der Waals surface area contributed by atoms with Crippen molar-refractivity contribution in [2.45, 2.75) is 84.3 Å². The van der Waals surface area contributed by atoms with Crippen molar-refractivity contribution in [3.8, 4) is 0 Å². The quantitative estimate of drug-likeness (QED) is 0.760. The second kappa shape index (κ2) is 6.20. The predicted octanol–water partition coefficient (Wildman–Crippen LogP) is 4.35. The van der Waals surface area contributed by atoms with Crippen molar-refractivity contribution in [1.29, 1.82) is 0 Å². The van der Waals surface area contributed by atoms with Crippen LogP contribution in [0.15, 0.2) is 0 Å². The lowest BCUT2D eigenvalue weighted by atomic mass is 9.49. The van der Waals surface area contributed by atoms with E-state index in [1.54, 1.807) is 0 Å². The fourth-order valence-electron chi connectivity index (χ4n) is 6.42. The number of hydrogen-bond acceptors (Lipinski definition) is 2. The van der Waals surface area contributed by atoms with Crippen LogP contribution >= 0.6 is 0 Å². The maximum absolute atomic E-state index is 9.27. The van der Waals surface area contributed by atoms with E-state index < -0.39 is 6.29 Å². The average Bonchev–Trinajstić information content (AvgIpc) is 2.46. The molecule has 0 heterocycles. The molecular formula is C19H34O2. The van der Waals surface area contributed by atoms with E-state index in [2.05, 4.69) is 13.8 Å². The first-order valence-corrected chi connectivity index (χ1v) is 9.37. The molecule has 3 saturated carbocycles. The van der Waals surface area contributed by atoms with E-state index in [9.17, 15) is 10.2 Å². The Morgan fingerprint density at radius 1 is 0.952 bits per heavy atom. The Labute approximate surface area is 130 Å². The molecule has 0 aromatic carbocycles. The van der Waals surface area contributed by atoms with Crippen LogP contribution in [0.1, 0.15) is 78.1 Å². The van der Waals surface area contributed by atoms with Crippen molar-refractivity contribution in [3.05, 3.63) is 0 Å². The molecule has 0 aliphatic heterocycles. The van der Waals surface area contributed by atoms with E-state index in [1.165, 1.54) is 51.4 Å². The third-order valence-corrected chi connectivity index (χ3v) is 7.51. The minimum atomic E-state index is -1.12. The van der Waals surface area contributed by atoms with Crippen LogP contribution < -0.4 is 0 Å². The predicted molar refractivity (Wildman–Crippen MR) is 85.6 cm³/mol. The molecule has 2 N–H and O–H groups in total. The third kappa shape index (κ3) is 3.03. The third-order valence-electron chi connectivity index (χ3n) is 7.51. The number of aliphatic hydroxyl groups is 2. The van der Waals surface area contributed by atoms with Gasteiger partial charge in [-0.15, -0.1) is 0 Å². The smallest absolute Gasteiger partial charge is 0.151 e. The molecule has 6 atom stereocenters. The lowest BCUT2D eigenvalue weighted by molar-refractivity contribution is -0.0879. The van der Waals surface area contributed by atoms with Gasteiger partial charge in [0.05, 0.1) is 0 Å². The summed E-state index contributed by atoms with van der Waals surface area (Å²) in [7, 11) is 0. The Morgan fingerprint density at radius 2 is 1.71 bits per heavy atom. The second-order valence-electron chi connectivity index (χ2n) is 8.65. The van der Waals surface area contributed by atoms with Crippen molar-refractivity contribution in [2.75, 3.05) is 0 Å². The maximum Gasteiger partial charge on any atom is 0.151 e. The summed E-state index contributed by atoms with van der Waals surface area (Å²) in [6.45, 7) is 4.93. The summed E-state index contributed by atoms with van der Waals surface area (Å²) >= 11 is 0. The number of fused-ring (bicyclic) bond motifs is 3. The molecule has 0 radical (unpaired) electrons. The van der Waals surface area contributed by atoms with Gasteiger partial charge in [-0.1, -0.05) is 33.1 Å². The molecule has 21 heavy (non-hydrogen) atoms. The zero-order chi connectivity index (χ0) is 15.0. The van der Waals surface area contributed by atoms with Crippen molar-refractivity contribution in [2.24, 2.45) is 35.0 Å². The maximum atomic E-state index is 9.27. The highest BCUT2D eigenvalue weighted by Crippen LogP contribution is 2.59. The molecule has 122 valence electrons. The Bertz CT molecular complexity index is 353. The van der Waals surface area contributed by atoms with Crippen LogP contribution in [0.5, 0.6) is 0 Å². The van der Waals surface area contributed by atoms with Crippen LogP contribution in [-0.4, -0.2) is 16.5 Å². The summed E-state index contributed by atoms with van der Waals surface area (Å²) in [5, 5.41) is 18.5. The molecule has 0 spiro atoms. The molecule has 2 heteroatoms. The first kappa shape index (κ1) is 15.8. The molecule has 0 aromatic heterocycles. The molecule has 3 aliphatic carbocycles. The first-order valence-electron chi connectivity index (χ1n) is 9.37. The Balaban J connectivity index is 1.74. The molecule has 0 aromatic rings. The highest BCUT2D eigenvalue weighted by molar-refractivity contribution is 4.99. The highest BCUT2D eigenvalue weighted by atomic mass is 16.5. The highest BCUT2D eigenvalue weighted by Gasteiger charge is 2.50. The summed E-state index contributed by atoms with van der Waals surface area (Å²) < 4.78 is 0. The normalized spacial score (nSPS) is 47.0. The molecule has 3 fully saturated rings. The molecule has 3 aliphatic rings. The zero-order valence-electron chi connectivity index (χ0n) is 13.9. The zero-order valence-corrected chi connectivity index (χ0v) is 13.9. The summed E-state index contributed by atoms with van der Waals surface area (Å²) in [6.07, 6.45) is 11.7. The van der Waals surface area contributed by atoms with Crippen molar-refractivity contribution < 1.29 is 10.2 Å². The fourth-order valence-corrected chi connectivity index (χ4v) is 6.42. The van der Waals surface area contributed by atoms with Crippen molar-refractivity contribution >= 4 is 0 Å². The van der Waals surface area contributed by atoms with E-state index in [0.717, 1.165) is 36.0 Å². The number of hydrogen-bond donors (Lipinski definition) is 2. The van der Waals surface area contributed by atoms with E-state index in [1.807, 2.05) is 0 Å². The molecule has 3 rings (SSSR count). The van der Waals surface area contributed by atoms with Gasteiger partial charge in [-0.25, -0.2) is 0 Å². The van der Waals surface area contributed by atoms with Crippen LogP contribution in [0.3, 0.4) is 0 Å². The summed E-state index contributed by atoms with van der Waals surface area (Å²) in [5.74, 6) is 4.69. The van der Waals surface area contributed by atoms with Gasteiger partial charge in [0.25, 0.3) is 0 Å². The molecule has 0 saturated heterocycles. The van der Waals surface area contributed by atoms with Gasteiger partial charge in [0.15, 0.2) is 6.29 Å². The van der Waals surface area contributed by atoms with Gasteiger partial charge in [-0.2, -0.15) is 0 Å². The molecule has 4 unspecified atom stereocenters. The van der Waals surface area contributed by atoms with Crippen LogP contribution in [0.25, 0.3) is 0 Å². The Kier molecular flexibility index (Phi) is 4.66. The van der Waals surface area contributed by atoms with E-state index in [-0.39, 0.29) is 0 Å². The van der Waals surface area contributed by atoms with Crippen LogP contribution in [0, 0.1) is 35.0 Å². The minimum Gasteiger partial charge on any atom is -0.368 e. The minimum absolute atomic E-state index is 0.359.